The highest BCUT2D eigenvalue weighted by atomic mass is 32.1. The Morgan fingerprint density at radius 3 is 2.40 bits per heavy atom. The molecule has 4 rings (SSSR count). The molecule has 0 aliphatic heterocycles. The van der Waals surface area contributed by atoms with Crippen molar-refractivity contribution in [1.29, 1.82) is 0 Å². The highest BCUT2D eigenvalue weighted by Gasteiger charge is 2.33. The van der Waals surface area contributed by atoms with E-state index in [0.29, 0.717) is 22.9 Å². The van der Waals surface area contributed by atoms with Gasteiger partial charge in [0.25, 0.3) is 5.91 Å². The predicted octanol–water partition coefficient (Wildman–Crippen LogP) is 5.66. The van der Waals surface area contributed by atoms with Gasteiger partial charge in [0.2, 0.25) is 5.91 Å². The first-order valence-corrected chi connectivity index (χ1v) is 12.7. The quantitative estimate of drug-likeness (QED) is 0.392. The Labute approximate surface area is 208 Å². The molecule has 8 nitrogen and oxygen atoms in total. The number of amides is 2. The smallest absolute Gasteiger partial charge is 0.348 e. The molecule has 1 aromatic carbocycles. The van der Waals surface area contributed by atoms with Crippen molar-refractivity contribution < 1.29 is 19.5 Å². The molecule has 0 unspecified atom stereocenters. The van der Waals surface area contributed by atoms with E-state index in [1.54, 1.807) is 23.1 Å². The molecule has 1 saturated carbocycles. The van der Waals surface area contributed by atoms with Gasteiger partial charge in [0.1, 0.15) is 4.88 Å². The second-order valence-electron chi connectivity index (χ2n) is 9.41. The van der Waals surface area contributed by atoms with Crippen LogP contribution in [0, 0.1) is 11.8 Å². The number of nitrogens with one attached hydrogen (secondary N) is 2. The normalized spacial score (nSPS) is 17.8. The number of carbonyl (C=O) groups is 3. The number of aromatic nitrogens is 2. The van der Waals surface area contributed by atoms with E-state index in [0.717, 1.165) is 47.5 Å². The van der Waals surface area contributed by atoms with Gasteiger partial charge in [-0.3, -0.25) is 14.7 Å². The van der Waals surface area contributed by atoms with E-state index < -0.39 is 5.97 Å². The molecule has 2 aromatic heterocycles. The van der Waals surface area contributed by atoms with Crippen molar-refractivity contribution in [2.75, 3.05) is 10.2 Å². The summed E-state index contributed by atoms with van der Waals surface area (Å²) in [5.74, 6) is -0.758. The molecule has 3 N–H and O–H groups in total. The van der Waals surface area contributed by atoms with Gasteiger partial charge >= 0.3 is 5.97 Å². The molecule has 35 heavy (non-hydrogen) atoms. The monoisotopic (exact) mass is 494 g/mol. The lowest BCUT2D eigenvalue weighted by atomic mass is 9.82. The number of thiophene rings is 1. The number of aromatic carboxylic acids is 1. The van der Waals surface area contributed by atoms with E-state index in [1.807, 2.05) is 26.0 Å². The van der Waals surface area contributed by atoms with Gasteiger partial charge in [-0.2, -0.15) is 5.10 Å². The third-order valence-electron chi connectivity index (χ3n) is 6.47. The fourth-order valence-corrected chi connectivity index (χ4v) is 5.50. The molecular weight excluding hydrogens is 464 g/mol. The maximum Gasteiger partial charge on any atom is 0.348 e. The van der Waals surface area contributed by atoms with Crippen molar-refractivity contribution in [3.8, 4) is 10.4 Å². The first-order chi connectivity index (χ1) is 16.7. The Kier molecular flexibility index (Phi) is 7.35. The zero-order chi connectivity index (χ0) is 25.1. The molecule has 184 valence electrons. The molecule has 1 aliphatic carbocycles. The number of nitrogens with zero attached hydrogens (tertiary/aromatic N) is 2. The first kappa shape index (κ1) is 24.7. The summed E-state index contributed by atoms with van der Waals surface area (Å²) in [5, 5.41) is 19.1. The number of carboxylic acid groups (broad SMARTS) is 1. The summed E-state index contributed by atoms with van der Waals surface area (Å²) in [6.07, 6.45) is 6.68. The molecule has 1 fully saturated rings. The fraction of sp³-hybridized carbons (Fsp3) is 0.385. The van der Waals surface area contributed by atoms with Gasteiger partial charge in [0.05, 0.1) is 17.4 Å². The van der Waals surface area contributed by atoms with E-state index in [-0.39, 0.29) is 28.7 Å². The molecule has 0 atom stereocenters. The van der Waals surface area contributed by atoms with Crippen molar-refractivity contribution in [3.63, 3.8) is 0 Å². The number of hydrogen-bond donors (Lipinski definition) is 3. The molecule has 0 radical (unpaired) electrons. The van der Waals surface area contributed by atoms with Crippen LogP contribution in [-0.4, -0.2) is 39.1 Å². The molecule has 0 saturated heterocycles. The van der Waals surface area contributed by atoms with E-state index >= 15 is 0 Å². The van der Waals surface area contributed by atoms with Gasteiger partial charge in [-0.1, -0.05) is 19.1 Å². The predicted molar refractivity (Wildman–Crippen MR) is 137 cm³/mol. The maximum absolute atomic E-state index is 13.5. The first-order valence-electron chi connectivity index (χ1n) is 11.8. The Balaban J connectivity index is 1.59. The van der Waals surface area contributed by atoms with Crippen molar-refractivity contribution in [1.82, 2.24) is 10.2 Å². The number of anilines is 2. The average molecular weight is 495 g/mol. The molecule has 2 amide bonds. The van der Waals surface area contributed by atoms with Crippen LogP contribution in [0.25, 0.3) is 10.4 Å². The summed E-state index contributed by atoms with van der Waals surface area (Å²) >= 11 is 1.16. The summed E-state index contributed by atoms with van der Waals surface area (Å²) in [6, 6.07) is 8.83. The Bertz CT molecular complexity index is 1190. The van der Waals surface area contributed by atoms with Crippen LogP contribution in [-0.2, 0) is 4.79 Å². The van der Waals surface area contributed by atoms with Gasteiger partial charge in [-0.15, -0.1) is 11.3 Å². The average Bonchev–Trinajstić information content (AvgIpc) is 3.51. The molecule has 3 aromatic rings. The van der Waals surface area contributed by atoms with Crippen molar-refractivity contribution in [3.05, 3.63) is 53.2 Å². The molecule has 2 heterocycles. The third kappa shape index (κ3) is 5.45. The Morgan fingerprint density at radius 2 is 1.83 bits per heavy atom. The van der Waals surface area contributed by atoms with E-state index in [1.165, 1.54) is 12.4 Å². The summed E-state index contributed by atoms with van der Waals surface area (Å²) in [4.78, 5) is 40.5. The topological polar surface area (TPSA) is 115 Å². The number of carboxylic acids is 1. The third-order valence-corrected chi connectivity index (χ3v) is 7.63. The van der Waals surface area contributed by atoms with Crippen LogP contribution in [0.15, 0.2) is 42.7 Å². The number of benzene rings is 1. The minimum absolute atomic E-state index is 0.0102. The van der Waals surface area contributed by atoms with Crippen molar-refractivity contribution >= 4 is 40.5 Å². The van der Waals surface area contributed by atoms with Crippen LogP contribution in [0.2, 0.25) is 0 Å². The summed E-state index contributed by atoms with van der Waals surface area (Å²) in [5.41, 5.74) is 2.30. The van der Waals surface area contributed by atoms with E-state index in [4.69, 9.17) is 0 Å². The van der Waals surface area contributed by atoms with Gasteiger partial charge in [0.15, 0.2) is 0 Å². The number of rotatable bonds is 7. The molecule has 0 bridgehead atoms. The number of carbonyl (C=O) groups excluding carboxylic acids is 2. The highest BCUT2D eigenvalue weighted by Crippen LogP contribution is 2.40. The van der Waals surface area contributed by atoms with Crippen LogP contribution < -0.4 is 10.2 Å². The van der Waals surface area contributed by atoms with E-state index in [2.05, 4.69) is 22.4 Å². The number of aromatic amines is 1. The highest BCUT2D eigenvalue weighted by molar-refractivity contribution is 7.18. The van der Waals surface area contributed by atoms with Crippen LogP contribution in [0.5, 0.6) is 0 Å². The summed E-state index contributed by atoms with van der Waals surface area (Å²) < 4.78 is 0. The zero-order valence-electron chi connectivity index (χ0n) is 20.1. The molecule has 0 spiro atoms. The number of H-pyrrole nitrogens is 1. The van der Waals surface area contributed by atoms with Crippen LogP contribution in [0.1, 0.15) is 66.5 Å². The fourth-order valence-electron chi connectivity index (χ4n) is 4.51. The lowest BCUT2D eigenvalue weighted by Crippen LogP contribution is -2.42. The van der Waals surface area contributed by atoms with Crippen LogP contribution in [0.3, 0.4) is 0 Å². The lowest BCUT2D eigenvalue weighted by molar-refractivity contribution is -0.123. The Hall–Kier alpha value is -3.46. The van der Waals surface area contributed by atoms with Gasteiger partial charge < -0.3 is 15.3 Å². The second-order valence-corrected chi connectivity index (χ2v) is 10.5. The molecule has 9 heteroatoms. The summed E-state index contributed by atoms with van der Waals surface area (Å²) in [7, 11) is 0. The molecular formula is C26H30N4O4S. The Morgan fingerprint density at radius 1 is 1.14 bits per heavy atom. The largest absolute Gasteiger partial charge is 0.477 e. The van der Waals surface area contributed by atoms with Gasteiger partial charge in [0, 0.05) is 28.7 Å². The second kappa shape index (κ2) is 10.4. The van der Waals surface area contributed by atoms with Crippen molar-refractivity contribution in [2.45, 2.75) is 52.5 Å². The van der Waals surface area contributed by atoms with Crippen LogP contribution >= 0.6 is 11.3 Å². The minimum atomic E-state index is -1.05. The molecule has 1 aliphatic rings. The minimum Gasteiger partial charge on any atom is -0.477 e. The standard InChI is InChI=1S/C26H30N4O4S/c1-15(2)30(25(32)18-6-4-16(3)5-7-18)21-12-22(35-23(21)26(33)34)17-8-10-20(11-9-17)29-24(31)19-13-27-28-14-19/h8-16,18H,4-7H2,1-3H3,(H,27,28)(H,29,31)(H,33,34)/t16-,18-. The van der Waals surface area contributed by atoms with Gasteiger partial charge in [-0.25, -0.2) is 4.79 Å². The van der Waals surface area contributed by atoms with E-state index in [9.17, 15) is 19.5 Å². The SMILES string of the molecule is CC(C)N(c1cc(-c2ccc(NC(=O)c3cn[nH]c3)cc2)sc1C(=O)O)C(=O)[C@H]1CC[C@H](C)CC1. The summed E-state index contributed by atoms with van der Waals surface area (Å²) in [6.45, 7) is 6.05. The lowest BCUT2D eigenvalue weighted by Gasteiger charge is -2.33. The van der Waals surface area contributed by atoms with Crippen LogP contribution in [0.4, 0.5) is 11.4 Å². The zero-order valence-corrected chi connectivity index (χ0v) is 20.9. The van der Waals surface area contributed by atoms with Crippen molar-refractivity contribution in [2.24, 2.45) is 11.8 Å². The van der Waals surface area contributed by atoms with Gasteiger partial charge in [-0.05, 0) is 69.2 Å². The number of hydrogen-bond acceptors (Lipinski definition) is 5. The maximum atomic E-state index is 13.5.